The van der Waals surface area contributed by atoms with E-state index in [2.05, 4.69) is 30.1 Å². The Morgan fingerprint density at radius 3 is 0.762 bits per heavy atom. The molecule has 245 valence electrons. The van der Waals surface area contributed by atoms with Crippen LogP contribution >= 0.6 is 0 Å². The minimum absolute atomic E-state index is 0.960. The first-order valence-electron chi connectivity index (χ1n) is 19.5. The van der Waals surface area contributed by atoms with Crippen molar-refractivity contribution in [3.8, 4) is 0 Å². The van der Waals surface area contributed by atoms with Gasteiger partial charge in [-0.2, -0.15) is 0 Å². The quantitative estimate of drug-likeness (QED) is 0.0756. The first-order valence-corrected chi connectivity index (χ1v) is 19.5. The van der Waals surface area contributed by atoms with Gasteiger partial charge < -0.3 is 0 Å². The number of unbranched alkanes of at least 4 members (excludes halogenated alkanes) is 30. The molecule has 0 unspecified atom stereocenters. The maximum atomic E-state index is 4.73. The average Bonchev–Trinajstić information content (AvgIpc) is 3.01. The lowest BCUT2D eigenvalue weighted by Crippen LogP contribution is -2.03. The van der Waals surface area contributed by atoms with Crippen LogP contribution in [0.3, 0.4) is 0 Å². The van der Waals surface area contributed by atoms with Crippen molar-refractivity contribution in [3.05, 3.63) is 18.0 Å². The van der Waals surface area contributed by atoms with Gasteiger partial charge in [-0.25, -0.2) is 15.0 Å². The summed E-state index contributed by atoms with van der Waals surface area (Å²) >= 11 is 0. The zero-order chi connectivity index (χ0) is 30.0. The van der Waals surface area contributed by atoms with Crippen LogP contribution in [0.25, 0.3) is 0 Å². The Labute approximate surface area is 264 Å². The van der Waals surface area contributed by atoms with Crippen LogP contribution in [0, 0.1) is 6.33 Å². The van der Waals surface area contributed by atoms with Crippen LogP contribution in [0.2, 0.25) is 0 Å². The third-order valence-electron chi connectivity index (χ3n) is 9.12. The SMILES string of the molecule is CCCCCCCCCCCCCCCCCCc1n[c]nc(CCCCCCCCCCCCCCCCCC)n1. The Balaban J connectivity index is 1.84. The summed E-state index contributed by atoms with van der Waals surface area (Å²) in [7, 11) is 0. The monoisotopic (exact) mass is 585 g/mol. The summed E-state index contributed by atoms with van der Waals surface area (Å²) in [6.07, 6.45) is 49.9. The largest absolute Gasteiger partial charge is 0.218 e. The van der Waals surface area contributed by atoms with Crippen molar-refractivity contribution < 1.29 is 0 Å². The molecule has 0 atom stereocenters. The van der Waals surface area contributed by atoms with Gasteiger partial charge in [0.15, 0.2) is 0 Å². The standard InChI is InChI=1S/C39H74N3/c1-3-5-7-9-11-13-15-17-19-21-23-25-27-29-31-33-35-38-40-37-41-39(42-38)36-34-32-30-28-26-24-22-20-18-16-14-12-10-8-6-4-2/h3-36H2,1-2H3. The van der Waals surface area contributed by atoms with Gasteiger partial charge in [0.2, 0.25) is 6.33 Å². The highest BCUT2D eigenvalue weighted by atomic mass is 15.0. The second-order valence-electron chi connectivity index (χ2n) is 13.4. The van der Waals surface area contributed by atoms with E-state index in [1.54, 1.807) is 0 Å². The highest BCUT2D eigenvalue weighted by Crippen LogP contribution is 2.16. The molecular weight excluding hydrogens is 510 g/mol. The Morgan fingerprint density at radius 2 is 0.524 bits per heavy atom. The zero-order valence-electron chi connectivity index (χ0n) is 28.9. The normalized spacial score (nSPS) is 11.5. The molecular formula is C39H74N3. The van der Waals surface area contributed by atoms with Crippen molar-refractivity contribution in [1.82, 2.24) is 15.0 Å². The van der Waals surface area contributed by atoms with Gasteiger partial charge in [0.25, 0.3) is 0 Å². The van der Waals surface area contributed by atoms with E-state index < -0.39 is 0 Å². The maximum Gasteiger partial charge on any atom is 0.201 e. The summed E-state index contributed by atoms with van der Waals surface area (Å²) in [6, 6.07) is 0. The minimum Gasteiger partial charge on any atom is -0.218 e. The van der Waals surface area contributed by atoms with Gasteiger partial charge in [-0.05, 0) is 12.8 Å². The lowest BCUT2D eigenvalue weighted by Gasteiger charge is -2.05. The van der Waals surface area contributed by atoms with E-state index in [1.807, 2.05) is 0 Å². The molecule has 1 aromatic heterocycles. The summed E-state index contributed by atoms with van der Waals surface area (Å²) < 4.78 is 0. The van der Waals surface area contributed by atoms with Gasteiger partial charge in [0.05, 0.1) is 0 Å². The van der Waals surface area contributed by atoms with Crippen molar-refractivity contribution in [2.75, 3.05) is 0 Å². The second-order valence-corrected chi connectivity index (χ2v) is 13.4. The molecule has 42 heavy (non-hydrogen) atoms. The van der Waals surface area contributed by atoms with E-state index in [0.29, 0.717) is 0 Å². The van der Waals surface area contributed by atoms with Crippen LogP contribution in [0.15, 0.2) is 0 Å². The number of aromatic nitrogens is 3. The molecule has 0 aromatic carbocycles. The summed E-state index contributed by atoms with van der Waals surface area (Å²) in [5, 5.41) is 0. The van der Waals surface area contributed by atoms with Crippen LogP contribution in [-0.2, 0) is 12.8 Å². The van der Waals surface area contributed by atoms with Gasteiger partial charge in [0, 0.05) is 12.8 Å². The van der Waals surface area contributed by atoms with Gasteiger partial charge in [-0.1, -0.05) is 206 Å². The molecule has 1 rings (SSSR count). The molecule has 3 heteroatoms. The summed E-state index contributed by atoms with van der Waals surface area (Å²) in [6.45, 7) is 4.60. The third-order valence-corrected chi connectivity index (χ3v) is 9.12. The molecule has 1 radical (unpaired) electrons. The van der Waals surface area contributed by atoms with Crippen LogP contribution in [0.1, 0.15) is 231 Å². The number of hydrogen-bond acceptors (Lipinski definition) is 3. The molecule has 0 amide bonds. The van der Waals surface area contributed by atoms with Gasteiger partial charge >= 0.3 is 0 Å². The molecule has 3 nitrogen and oxygen atoms in total. The number of hydrogen-bond donors (Lipinski definition) is 0. The average molecular weight is 585 g/mol. The fraction of sp³-hybridized carbons (Fsp3) is 0.923. The highest BCUT2D eigenvalue weighted by Gasteiger charge is 2.03. The van der Waals surface area contributed by atoms with Crippen LogP contribution in [-0.4, -0.2) is 15.0 Å². The highest BCUT2D eigenvalue weighted by molar-refractivity contribution is 4.90. The maximum absolute atomic E-state index is 4.73. The number of nitrogens with zero attached hydrogens (tertiary/aromatic N) is 3. The molecule has 0 N–H and O–H groups in total. The van der Waals surface area contributed by atoms with Crippen LogP contribution < -0.4 is 0 Å². The molecule has 0 aliphatic rings. The predicted octanol–water partition coefficient (Wildman–Crippen LogP) is 13.3. The van der Waals surface area contributed by atoms with E-state index in [-0.39, 0.29) is 0 Å². The molecule has 1 heterocycles. The minimum atomic E-state index is 0.960. The first-order chi connectivity index (χ1) is 20.9. The smallest absolute Gasteiger partial charge is 0.201 e. The summed E-state index contributed by atoms with van der Waals surface area (Å²) in [5.41, 5.74) is 0. The van der Waals surface area contributed by atoms with Crippen molar-refractivity contribution in [2.24, 2.45) is 0 Å². The molecule has 0 aliphatic carbocycles. The van der Waals surface area contributed by atoms with E-state index >= 15 is 0 Å². The summed E-state index contributed by atoms with van der Waals surface area (Å²) in [5.74, 6) is 1.92. The van der Waals surface area contributed by atoms with E-state index in [0.717, 1.165) is 24.5 Å². The fourth-order valence-corrected chi connectivity index (χ4v) is 6.23. The van der Waals surface area contributed by atoms with Crippen LogP contribution in [0.4, 0.5) is 0 Å². The van der Waals surface area contributed by atoms with Gasteiger partial charge in [0.1, 0.15) is 11.6 Å². The van der Waals surface area contributed by atoms with E-state index in [1.165, 1.54) is 205 Å². The Hall–Kier alpha value is -0.990. The molecule has 0 saturated heterocycles. The zero-order valence-corrected chi connectivity index (χ0v) is 28.9. The van der Waals surface area contributed by atoms with Gasteiger partial charge in [-0.3, -0.25) is 0 Å². The lowest BCUT2D eigenvalue weighted by molar-refractivity contribution is 0.527. The van der Waals surface area contributed by atoms with Crippen molar-refractivity contribution >= 4 is 0 Å². The molecule has 1 aromatic rings. The first kappa shape index (κ1) is 39.0. The molecule has 0 aliphatic heterocycles. The van der Waals surface area contributed by atoms with E-state index in [9.17, 15) is 0 Å². The van der Waals surface area contributed by atoms with E-state index in [4.69, 9.17) is 4.98 Å². The fourth-order valence-electron chi connectivity index (χ4n) is 6.23. The number of aryl methyl sites for hydroxylation is 2. The van der Waals surface area contributed by atoms with Crippen molar-refractivity contribution in [2.45, 2.75) is 232 Å². The summed E-state index contributed by atoms with van der Waals surface area (Å²) in [4.78, 5) is 13.4. The predicted molar refractivity (Wildman–Crippen MR) is 185 cm³/mol. The molecule has 0 spiro atoms. The second kappa shape index (κ2) is 32.9. The molecule has 0 fully saturated rings. The molecule has 0 saturated carbocycles. The lowest BCUT2D eigenvalue weighted by atomic mass is 10.0. The van der Waals surface area contributed by atoms with Crippen LogP contribution in [0.5, 0.6) is 0 Å². The Kier molecular flexibility index (Phi) is 30.6. The van der Waals surface area contributed by atoms with Crippen molar-refractivity contribution in [1.29, 1.82) is 0 Å². The third kappa shape index (κ3) is 27.8. The van der Waals surface area contributed by atoms with Crippen molar-refractivity contribution in [3.63, 3.8) is 0 Å². The Bertz CT molecular complexity index is 595. The van der Waals surface area contributed by atoms with Gasteiger partial charge in [-0.15, -0.1) is 0 Å². The molecule has 0 bridgehead atoms. The number of rotatable bonds is 34. The Morgan fingerprint density at radius 1 is 0.310 bits per heavy atom. The topological polar surface area (TPSA) is 38.7 Å².